The molecule has 94 valence electrons. The van der Waals surface area contributed by atoms with Crippen LogP contribution in [0.15, 0.2) is 0 Å². The summed E-state index contributed by atoms with van der Waals surface area (Å²) >= 11 is 1.36. The molecule has 0 aliphatic heterocycles. The first-order chi connectivity index (χ1) is 7.94. The molecule has 2 rings (SSSR count). The van der Waals surface area contributed by atoms with Crippen molar-refractivity contribution in [2.45, 2.75) is 46.5 Å². The topological polar surface area (TPSA) is 50.2 Å². The average molecular weight is 253 g/mol. The molecule has 0 spiro atoms. The Bertz CT molecular complexity index is 437. The molecule has 1 unspecified atom stereocenters. The SMILES string of the molecule is CCC(C)(C)C1CCc2nc(C(=O)O)sc2C1. The summed E-state index contributed by atoms with van der Waals surface area (Å²) in [6.07, 6.45) is 4.24. The lowest BCUT2D eigenvalue weighted by atomic mass is 9.70. The minimum atomic E-state index is -0.893. The Morgan fingerprint density at radius 2 is 2.29 bits per heavy atom. The van der Waals surface area contributed by atoms with Crippen molar-refractivity contribution < 1.29 is 9.90 Å². The lowest BCUT2D eigenvalue weighted by Gasteiger charge is -2.35. The van der Waals surface area contributed by atoms with Gasteiger partial charge in [0.1, 0.15) is 0 Å². The summed E-state index contributed by atoms with van der Waals surface area (Å²) in [4.78, 5) is 16.3. The molecule has 1 atom stereocenters. The summed E-state index contributed by atoms with van der Waals surface area (Å²) in [6, 6.07) is 0. The molecule has 0 amide bonds. The highest BCUT2D eigenvalue weighted by Gasteiger charge is 2.33. The fourth-order valence-electron chi connectivity index (χ4n) is 2.42. The Hall–Kier alpha value is -0.900. The normalized spacial score (nSPS) is 20.1. The van der Waals surface area contributed by atoms with Crippen molar-refractivity contribution in [3.8, 4) is 0 Å². The van der Waals surface area contributed by atoms with Crippen molar-refractivity contribution in [3.63, 3.8) is 0 Å². The van der Waals surface area contributed by atoms with E-state index in [4.69, 9.17) is 5.11 Å². The predicted molar refractivity (Wildman–Crippen MR) is 68.7 cm³/mol. The van der Waals surface area contributed by atoms with E-state index in [1.54, 1.807) is 0 Å². The van der Waals surface area contributed by atoms with E-state index in [1.807, 2.05) is 0 Å². The fraction of sp³-hybridized carbons (Fsp3) is 0.692. The summed E-state index contributed by atoms with van der Waals surface area (Å²) in [5.41, 5.74) is 1.36. The van der Waals surface area contributed by atoms with Gasteiger partial charge in [-0.05, 0) is 30.6 Å². The first kappa shape index (κ1) is 12.6. The van der Waals surface area contributed by atoms with Crippen LogP contribution in [-0.4, -0.2) is 16.1 Å². The Balaban J connectivity index is 2.21. The van der Waals surface area contributed by atoms with Gasteiger partial charge in [0.05, 0.1) is 5.69 Å². The molecule has 0 radical (unpaired) electrons. The standard InChI is InChI=1S/C13H19NO2S/c1-4-13(2,3)8-5-6-9-10(7-8)17-11(14-9)12(15)16/h8H,4-7H2,1-3H3,(H,15,16). The number of nitrogens with zero attached hydrogens (tertiary/aromatic N) is 1. The number of fused-ring (bicyclic) bond motifs is 1. The summed E-state index contributed by atoms with van der Waals surface area (Å²) in [7, 11) is 0. The maximum Gasteiger partial charge on any atom is 0.365 e. The van der Waals surface area contributed by atoms with E-state index in [0.29, 0.717) is 11.3 Å². The van der Waals surface area contributed by atoms with Gasteiger partial charge in [-0.25, -0.2) is 9.78 Å². The van der Waals surface area contributed by atoms with Crippen LogP contribution in [-0.2, 0) is 12.8 Å². The van der Waals surface area contributed by atoms with Crippen LogP contribution in [0.1, 0.15) is 54.0 Å². The first-order valence-electron chi connectivity index (χ1n) is 6.16. The third-order valence-corrected chi connectivity index (χ3v) is 5.25. The maximum absolute atomic E-state index is 10.9. The summed E-state index contributed by atoms with van der Waals surface area (Å²) in [6.45, 7) is 6.84. The van der Waals surface area contributed by atoms with Gasteiger partial charge in [0.25, 0.3) is 0 Å². The highest BCUT2D eigenvalue weighted by Crippen LogP contribution is 2.41. The van der Waals surface area contributed by atoms with Crippen LogP contribution in [0.4, 0.5) is 0 Å². The minimum absolute atomic E-state index is 0.255. The number of thiazole rings is 1. The van der Waals surface area contributed by atoms with Gasteiger partial charge in [-0.3, -0.25) is 0 Å². The van der Waals surface area contributed by atoms with Crippen molar-refractivity contribution in [1.82, 2.24) is 4.98 Å². The molecule has 0 saturated heterocycles. The zero-order chi connectivity index (χ0) is 12.6. The number of aromatic nitrogens is 1. The number of hydrogen-bond donors (Lipinski definition) is 1. The molecule has 4 heteroatoms. The van der Waals surface area contributed by atoms with Gasteiger partial charge in [0.2, 0.25) is 5.01 Å². The van der Waals surface area contributed by atoms with Crippen LogP contribution in [0.25, 0.3) is 0 Å². The smallest absolute Gasteiger partial charge is 0.365 e. The second-order valence-corrected chi connectivity index (χ2v) is 6.56. The zero-order valence-electron chi connectivity index (χ0n) is 10.6. The van der Waals surface area contributed by atoms with Gasteiger partial charge in [0, 0.05) is 4.88 Å². The van der Waals surface area contributed by atoms with Gasteiger partial charge in [-0.1, -0.05) is 27.2 Å². The second-order valence-electron chi connectivity index (χ2n) is 5.48. The molecule has 1 aromatic heterocycles. The van der Waals surface area contributed by atoms with Crippen LogP contribution in [0.3, 0.4) is 0 Å². The first-order valence-corrected chi connectivity index (χ1v) is 6.97. The van der Waals surface area contributed by atoms with Crippen LogP contribution in [0.2, 0.25) is 0 Å². The van der Waals surface area contributed by atoms with Gasteiger partial charge in [-0.15, -0.1) is 11.3 Å². The molecule has 1 aliphatic rings. The van der Waals surface area contributed by atoms with Crippen molar-refractivity contribution in [3.05, 3.63) is 15.6 Å². The Kier molecular flexibility index (Phi) is 3.25. The molecule has 1 N–H and O–H groups in total. The lowest BCUT2D eigenvalue weighted by molar-refractivity contribution is 0.0696. The molecule has 1 aliphatic carbocycles. The molecular formula is C13H19NO2S. The molecular weight excluding hydrogens is 234 g/mol. The summed E-state index contributed by atoms with van der Waals surface area (Å²) in [5.74, 6) is -0.238. The Labute approximate surface area is 106 Å². The molecule has 1 aromatic rings. The monoisotopic (exact) mass is 253 g/mol. The number of aryl methyl sites for hydroxylation is 1. The predicted octanol–water partition coefficient (Wildman–Crippen LogP) is 3.38. The second kappa shape index (κ2) is 4.41. The van der Waals surface area contributed by atoms with Gasteiger partial charge >= 0.3 is 5.97 Å². The van der Waals surface area contributed by atoms with Crippen LogP contribution < -0.4 is 0 Å². The molecule has 0 bridgehead atoms. The third kappa shape index (κ3) is 2.37. The van der Waals surface area contributed by atoms with E-state index in [-0.39, 0.29) is 5.01 Å². The quantitative estimate of drug-likeness (QED) is 0.898. The largest absolute Gasteiger partial charge is 0.476 e. The Morgan fingerprint density at radius 1 is 1.59 bits per heavy atom. The number of carbonyl (C=O) groups is 1. The van der Waals surface area contributed by atoms with Crippen LogP contribution in [0, 0.1) is 11.3 Å². The molecule has 0 aromatic carbocycles. The molecule has 3 nitrogen and oxygen atoms in total. The van der Waals surface area contributed by atoms with Gasteiger partial charge < -0.3 is 5.11 Å². The van der Waals surface area contributed by atoms with E-state index in [9.17, 15) is 4.79 Å². The summed E-state index contributed by atoms with van der Waals surface area (Å²) < 4.78 is 0. The van der Waals surface area contributed by atoms with Crippen molar-refractivity contribution in [2.75, 3.05) is 0 Å². The fourth-order valence-corrected chi connectivity index (χ4v) is 3.45. The number of aromatic carboxylic acids is 1. The van der Waals surface area contributed by atoms with Crippen molar-refractivity contribution in [2.24, 2.45) is 11.3 Å². The summed E-state index contributed by atoms with van der Waals surface area (Å²) in [5, 5.41) is 9.21. The van der Waals surface area contributed by atoms with Crippen molar-refractivity contribution in [1.29, 1.82) is 0 Å². The number of rotatable bonds is 3. The molecule has 17 heavy (non-hydrogen) atoms. The van der Waals surface area contributed by atoms with Crippen LogP contribution in [0.5, 0.6) is 0 Å². The van der Waals surface area contributed by atoms with E-state index < -0.39 is 5.97 Å². The third-order valence-electron chi connectivity index (χ3n) is 4.14. The molecule has 0 fully saturated rings. The number of carboxylic acid groups (broad SMARTS) is 1. The minimum Gasteiger partial charge on any atom is -0.476 e. The van der Waals surface area contributed by atoms with Crippen molar-refractivity contribution >= 4 is 17.3 Å². The van der Waals surface area contributed by atoms with E-state index >= 15 is 0 Å². The van der Waals surface area contributed by atoms with E-state index in [1.165, 1.54) is 16.2 Å². The zero-order valence-corrected chi connectivity index (χ0v) is 11.4. The Morgan fingerprint density at radius 3 is 2.88 bits per heavy atom. The van der Waals surface area contributed by atoms with E-state index in [2.05, 4.69) is 25.8 Å². The van der Waals surface area contributed by atoms with Crippen LogP contribution >= 0.6 is 11.3 Å². The van der Waals surface area contributed by atoms with E-state index in [0.717, 1.165) is 31.4 Å². The lowest BCUT2D eigenvalue weighted by Crippen LogP contribution is -2.28. The highest BCUT2D eigenvalue weighted by atomic mass is 32.1. The number of hydrogen-bond acceptors (Lipinski definition) is 3. The maximum atomic E-state index is 10.9. The molecule has 0 saturated carbocycles. The van der Waals surface area contributed by atoms with Gasteiger partial charge in [-0.2, -0.15) is 0 Å². The average Bonchev–Trinajstić information content (AvgIpc) is 2.71. The van der Waals surface area contributed by atoms with Gasteiger partial charge in [0.15, 0.2) is 0 Å². The number of carboxylic acids is 1. The highest BCUT2D eigenvalue weighted by molar-refractivity contribution is 7.13. The molecule has 1 heterocycles.